The van der Waals surface area contributed by atoms with Crippen molar-refractivity contribution < 1.29 is 21.6 Å². The fourth-order valence-corrected chi connectivity index (χ4v) is 4.57. The first-order valence-corrected chi connectivity index (χ1v) is 9.50. The van der Waals surface area contributed by atoms with Crippen molar-refractivity contribution in [3.05, 3.63) is 59.9 Å². The van der Waals surface area contributed by atoms with Crippen LogP contribution >= 0.6 is 0 Å². The second-order valence-corrected chi connectivity index (χ2v) is 7.94. The summed E-state index contributed by atoms with van der Waals surface area (Å²) in [6.07, 6.45) is -1.35. The van der Waals surface area contributed by atoms with Gasteiger partial charge >= 0.3 is 6.18 Å². The fourth-order valence-electron chi connectivity index (χ4n) is 2.94. The van der Waals surface area contributed by atoms with Gasteiger partial charge in [-0.05, 0) is 29.8 Å². The maximum atomic E-state index is 13.2. The normalized spacial score (nSPS) is 17.3. The summed E-state index contributed by atoms with van der Waals surface area (Å²) in [6, 6.07) is 8.07. The average molecular weight is 385 g/mol. The van der Waals surface area contributed by atoms with Gasteiger partial charge in [-0.1, -0.05) is 12.1 Å². The summed E-state index contributed by atoms with van der Waals surface area (Å²) < 4.78 is 66.0. The lowest BCUT2D eigenvalue weighted by Gasteiger charge is -2.34. The van der Waals surface area contributed by atoms with Crippen LogP contribution in [0.1, 0.15) is 11.1 Å². The zero-order chi connectivity index (χ0) is 18.8. The first-order valence-electron chi connectivity index (χ1n) is 8.06. The monoisotopic (exact) mass is 385 g/mol. The Morgan fingerprint density at radius 1 is 0.962 bits per heavy atom. The summed E-state index contributed by atoms with van der Waals surface area (Å²) >= 11 is 0. The molecule has 0 unspecified atom stereocenters. The molecule has 0 atom stereocenters. The van der Waals surface area contributed by atoms with E-state index < -0.39 is 26.7 Å². The Labute approximate surface area is 150 Å². The van der Waals surface area contributed by atoms with Gasteiger partial charge in [0, 0.05) is 45.1 Å². The molecule has 26 heavy (non-hydrogen) atoms. The van der Waals surface area contributed by atoms with Gasteiger partial charge in [0.2, 0.25) is 10.0 Å². The summed E-state index contributed by atoms with van der Waals surface area (Å²) in [7, 11) is -4.20. The number of benzene rings is 1. The van der Waals surface area contributed by atoms with Crippen LogP contribution in [0, 0.1) is 0 Å². The SMILES string of the molecule is O=S(=O)(c1ccccc1C(F)(F)F)N1CCN(Cc2ccncc2)CC1. The molecule has 1 aromatic heterocycles. The number of rotatable bonds is 4. The van der Waals surface area contributed by atoms with Crippen LogP contribution in [0.4, 0.5) is 13.2 Å². The van der Waals surface area contributed by atoms with Gasteiger partial charge in [-0.3, -0.25) is 9.88 Å². The lowest BCUT2D eigenvalue weighted by molar-refractivity contribution is -0.139. The number of piperazine rings is 1. The molecule has 1 saturated heterocycles. The van der Waals surface area contributed by atoms with Gasteiger partial charge in [-0.25, -0.2) is 8.42 Å². The Morgan fingerprint density at radius 2 is 1.58 bits per heavy atom. The summed E-state index contributed by atoms with van der Waals surface area (Å²) in [6.45, 7) is 1.86. The Hall–Kier alpha value is -1.97. The molecule has 0 amide bonds. The van der Waals surface area contributed by atoms with E-state index in [0.29, 0.717) is 19.6 Å². The molecule has 140 valence electrons. The van der Waals surface area contributed by atoms with E-state index in [9.17, 15) is 21.6 Å². The molecule has 3 rings (SSSR count). The van der Waals surface area contributed by atoms with E-state index in [0.717, 1.165) is 22.0 Å². The minimum Gasteiger partial charge on any atom is -0.296 e. The molecule has 5 nitrogen and oxygen atoms in total. The lowest BCUT2D eigenvalue weighted by Crippen LogP contribution is -2.48. The molecule has 0 aliphatic carbocycles. The third-order valence-electron chi connectivity index (χ3n) is 4.30. The first-order chi connectivity index (χ1) is 12.3. The van der Waals surface area contributed by atoms with Crippen LogP contribution in [-0.4, -0.2) is 48.8 Å². The van der Waals surface area contributed by atoms with Gasteiger partial charge in [-0.15, -0.1) is 0 Å². The zero-order valence-electron chi connectivity index (χ0n) is 13.9. The summed E-state index contributed by atoms with van der Waals surface area (Å²) in [5, 5.41) is 0. The maximum absolute atomic E-state index is 13.2. The van der Waals surface area contributed by atoms with E-state index in [-0.39, 0.29) is 13.1 Å². The minimum atomic E-state index is -4.72. The number of alkyl halides is 3. The molecule has 2 aromatic rings. The highest BCUT2D eigenvalue weighted by Crippen LogP contribution is 2.35. The van der Waals surface area contributed by atoms with E-state index in [1.165, 1.54) is 12.1 Å². The molecule has 1 aliphatic heterocycles. The van der Waals surface area contributed by atoms with Crippen LogP contribution in [0.25, 0.3) is 0 Å². The van der Waals surface area contributed by atoms with Crippen LogP contribution in [-0.2, 0) is 22.7 Å². The topological polar surface area (TPSA) is 53.5 Å². The van der Waals surface area contributed by atoms with Crippen molar-refractivity contribution in [3.63, 3.8) is 0 Å². The number of sulfonamides is 1. The zero-order valence-corrected chi connectivity index (χ0v) is 14.7. The van der Waals surface area contributed by atoms with E-state index in [1.807, 2.05) is 12.1 Å². The maximum Gasteiger partial charge on any atom is 0.417 e. The molecule has 9 heteroatoms. The molecule has 0 spiro atoms. The quantitative estimate of drug-likeness (QED) is 0.812. The third kappa shape index (κ3) is 4.05. The van der Waals surface area contributed by atoms with Crippen molar-refractivity contribution in [2.45, 2.75) is 17.6 Å². The van der Waals surface area contributed by atoms with Crippen molar-refractivity contribution in [2.24, 2.45) is 0 Å². The number of aromatic nitrogens is 1. The molecule has 0 N–H and O–H groups in total. The van der Waals surface area contributed by atoms with Crippen LogP contribution in [0.2, 0.25) is 0 Å². The molecule has 1 aliphatic rings. The standard InChI is InChI=1S/C17H18F3N3O2S/c18-17(19,20)15-3-1-2-4-16(15)26(24,25)23-11-9-22(10-12-23)13-14-5-7-21-8-6-14/h1-8H,9-13H2. The number of hydrogen-bond acceptors (Lipinski definition) is 4. The highest BCUT2D eigenvalue weighted by Gasteiger charge is 2.39. The second-order valence-electron chi connectivity index (χ2n) is 6.03. The molecule has 1 aromatic carbocycles. The van der Waals surface area contributed by atoms with Crippen LogP contribution < -0.4 is 0 Å². The van der Waals surface area contributed by atoms with Crippen molar-refractivity contribution >= 4 is 10.0 Å². The molecule has 1 fully saturated rings. The Bertz CT molecular complexity index is 849. The Morgan fingerprint density at radius 3 is 2.19 bits per heavy atom. The molecule has 0 saturated carbocycles. The Balaban J connectivity index is 1.73. The van der Waals surface area contributed by atoms with Crippen molar-refractivity contribution in [2.75, 3.05) is 26.2 Å². The van der Waals surface area contributed by atoms with Crippen molar-refractivity contribution in [1.29, 1.82) is 0 Å². The molecular formula is C17H18F3N3O2S. The predicted octanol–water partition coefficient (Wildman–Crippen LogP) is 2.61. The van der Waals surface area contributed by atoms with Gasteiger partial charge in [0.25, 0.3) is 0 Å². The summed E-state index contributed by atoms with van der Waals surface area (Å²) in [4.78, 5) is 5.33. The van der Waals surface area contributed by atoms with E-state index in [4.69, 9.17) is 0 Å². The van der Waals surface area contributed by atoms with Crippen molar-refractivity contribution in [1.82, 2.24) is 14.2 Å². The minimum absolute atomic E-state index is 0.152. The predicted molar refractivity (Wildman–Crippen MR) is 89.7 cm³/mol. The highest BCUT2D eigenvalue weighted by atomic mass is 32.2. The van der Waals surface area contributed by atoms with Gasteiger partial charge in [0.1, 0.15) is 0 Å². The molecule has 0 radical (unpaired) electrons. The number of pyridine rings is 1. The molecule has 0 bridgehead atoms. The van der Waals surface area contributed by atoms with Crippen molar-refractivity contribution in [3.8, 4) is 0 Å². The number of nitrogens with zero attached hydrogens (tertiary/aromatic N) is 3. The number of halogens is 3. The van der Waals surface area contributed by atoms with Gasteiger partial charge in [0.05, 0.1) is 10.5 Å². The van der Waals surface area contributed by atoms with Gasteiger partial charge in [-0.2, -0.15) is 17.5 Å². The largest absolute Gasteiger partial charge is 0.417 e. The molecule has 2 heterocycles. The van der Waals surface area contributed by atoms with Crippen LogP contribution in [0.3, 0.4) is 0 Å². The van der Waals surface area contributed by atoms with E-state index in [1.54, 1.807) is 12.4 Å². The van der Waals surface area contributed by atoms with Crippen LogP contribution in [0.5, 0.6) is 0 Å². The highest BCUT2D eigenvalue weighted by molar-refractivity contribution is 7.89. The first kappa shape index (κ1) is 18.8. The molecular weight excluding hydrogens is 367 g/mol. The fraction of sp³-hybridized carbons (Fsp3) is 0.353. The van der Waals surface area contributed by atoms with E-state index >= 15 is 0 Å². The average Bonchev–Trinajstić information content (AvgIpc) is 2.62. The van der Waals surface area contributed by atoms with Gasteiger partial charge < -0.3 is 0 Å². The van der Waals surface area contributed by atoms with Gasteiger partial charge in [0.15, 0.2) is 0 Å². The summed E-state index contributed by atoms with van der Waals surface area (Å²) in [5.41, 5.74) is -0.0714. The van der Waals surface area contributed by atoms with E-state index in [2.05, 4.69) is 9.88 Å². The Kier molecular flexibility index (Phi) is 5.31. The third-order valence-corrected chi connectivity index (χ3v) is 6.25. The van der Waals surface area contributed by atoms with Crippen LogP contribution in [0.15, 0.2) is 53.7 Å². The number of hydrogen-bond donors (Lipinski definition) is 0. The summed E-state index contributed by atoms with van der Waals surface area (Å²) in [5.74, 6) is 0. The second kappa shape index (κ2) is 7.34. The lowest BCUT2D eigenvalue weighted by atomic mass is 10.2. The smallest absolute Gasteiger partial charge is 0.296 e.